The highest BCUT2D eigenvalue weighted by Gasteiger charge is 2.26. The highest BCUT2D eigenvalue weighted by Crippen LogP contribution is 2.33. The van der Waals surface area contributed by atoms with E-state index in [0.717, 1.165) is 5.56 Å². The molecule has 0 aliphatic heterocycles. The van der Waals surface area contributed by atoms with Gasteiger partial charge in [0.25, 0.3) is 0 Å². The number of hydrogen-bond acceptors (Lipinski definition) is 6. The number of nitrogens with two attached hydrogens (primary N) is 1. The van der Waals surface area contributed by atoms with E-state index in [-0.39, 0.29) is 11.5 Å². The highest BCUT2D eigenvalue weighted by molar-refractivity contribution is 7.16. The molecule has 0 amide bonds. The van der Waals surface area contributed by atoms with Crippen molar-refractivity contribution in [3.63, 3.8) is 0 Å². The first-order valence-corrected chi connectivity index (χ1v) is 7.47. The van der Waals surface area contributed by atoms with Crippen molar-refractivity contribution in [2.24, 2.45) is 0 Å². The van der Waals surface area contributed by atoms with Crippen LogP contribution in [-0.4, -0.2) is 26.2 Å². The first kappa shape index (κ1) is 16.0. The summed E-state index contributed by atoms with van der Waals surface area (Å²) in [5.41, 5.74) is 7.14. The maximum absolute atomic E-state index is 12.1. The predicted octanol–water partition coefficient (Wildman–Crippen LogP) is 2.62. The average molecular weight is 319 g/mol. The molecule has 22 heavy (non-hydrogen) atoms. The van der Waals surface area contributed by atoms with Crippen LogP contribution in [-0.2, 0) is 20.7 Å². The van der Waals surface area contributed by atoms with Gasteiger partial charge in [-0.2, -0.15) is 0 Å². The van der Waals surface area contributed by atoms with Crippen LogP contribution in [0.25, 0.3) is 0 Å². The van der Waals surface area contributed by atoms with E-state index < -0.39 is 11.9 Å². The maximum Gasteiger partial charge on any atom is 0.340 e. The van der Waals surface area contributed by atoms with Crippen molar-refractivity contribution in [1.82, 2.24) is 0 Å². The van der Waals surface area contributed by atoms with Crippen molar-refractivity contribution in [2.75, 3.05) is 20.0 Å². The molecule has 0 radical (unpaired) electrons. The van der Waals surface area contributed by atoms with Crippen molar-refractivity contribution in [2.45, 2.75) is 12.3 Å². The lowest BCUT2D eigenvalue weighted by atomic mass is 9.97. The summed E-state index contributed by atoms with van der Waals surface area (Å²) in [5, 5.41) is 0.337. The second-order valence-electron chi connectivity index (χ2n) is 4.68. The molecule has 0 saturated carbocycles. The quantitative estimate of drug-likeness (QED) is 0.857. The smallest absolute Gasteiger partial charge is 0.340 e. The third kappa shape index (κ3) is 3.46. The van der Waals surface area contributed by atoms with Crippen molar-refractivity contribution < 1.29 is 19.1 Å². The lowest BCUT2D eigenvalue weighted by Crippen LogP contribution is -2.16. The van der Waals surface area contributed by atoms with Crippen LogP contribution in [0.3, 0.4) is 0 Å². The first-order chi connectivity index (χ1) is 10.6. The molecule has 5 nitrogen and oxygen atoms in total. The van der Waals surface area contributed by atoms with Crippen LogP contribution < -0.4 is 5.73 Å². The zero-order valence-corrected chi connectivity index (χ0v) is 13.2. The summed E-state index contributed by atoms with van der Waals surface area (Å²) in [5.74, 6) is -1.37. The number of esters is 2. The third-order valence-electron chi connectivity index (χ3n) is 3.30. The Morgan fingerprint density at radius 2 is 1.86 bits per heavy atom. The molecule has 1 aromatic carbocycles. The van der Waals surface area contributed by atoms with Gasteiger partial charge in [0.2, 0.25) is 0 Å². The van der Waals surface area contributed by atoms with E-state index >= 15 is 0 Å². The fraction of sp³-hybridized carbons (Fsp3) is 0.250. The Hall–Kier alpha value is -2.34. The molecule has 0 spiro atoms. The van der Waals surface area contributed by atoms with Crippen LogP contribution in [0.2, 0.25) is 0 Å². The minimum Gasteiger partial charge on any atom is -0.469 e. The van der Waals surface area contributed by atoms with Gasteiger partial charge in [-0.05, 0) is 18.1 Å². The molecule has 0 fully saturated rings. The molecule has 116 valence electrons. The van der Waals surface area contributed by atoms with Crippen LogP contribution in [0.1, 0.15) is 26.7 Å². The van der Waals surface area contributed by atoms with Gasteiger partial charge in [-0.1, -0.05) is 30.3 Å². The number of nitrogen functional groups attached to an aromatic ring is 1. The van der Waals surface area contributed by atoms with Gasteiger partial charge in [-0.3, -0.25) is 4.79 Å². The van der Waals surface area contributed by atoms with Crippen molar-refractivity contribution in [1.29, 1.82) is 0 Å². The Morgan fingerprint density at radius 3 is 2.45 bits per heavy atom. The van der Waals surface area contributed by atoms with Gasteiger partial charge >= 0.3 is 11.9 Å². The normalized spacial score (nSPS) is 11.7. The van der Waals surface area contributed by atoms with Crippen LogP contribution in [0.15, 0.2) is 36.4 Å². The van der Waals surface area contributed by atoms with E-state index in [1.165, 1.54) is 25.6 Å². The standard InChI is InChI=1S/C16H17NO4S/c1-20-15(18)11(8-10-6-4-3-5-7-10)13-9-12(14(17)22-13)16(19)21-2/h3-7,9,11H,8,17H2,1-2H3. The van der Waals surface area contributed by atoms with Crippen molar-refractivity contribution in [3.8, 4) is 0 Å². The van der Waals surface area contributed by atoms with Crippen LogP contribution in [0, 0.1) is 0 Å². The minimum atomic E-state index is -0.511. The molecule has 2 N–H and O–H groups in total. The molecule has 1 aromatic heterocycles. The number of carbonyl (C=O) groups excluding carboxylic acids is 2. The molecule has 0 saturated heterocycles. The minimum absolute atomic E-state index is 0.282. The number of hydrogen-bond donors (Lipinski definition) is 1. The van der Waals surface area contributed by atoms with Gasteiger partial charge in [0.05, 0.1) is 25.7 Å². The molecule has 0 aliphatic rings. The molecule has 1 unspecified atom stereocenters. The fourth-order valence-corrected chi connectivity index (χ4v) is 3.16. The first-order valence-electron chi connectivity index (χ1n) is 6.66. The van der Waals surface area contributed by atoms with Crippen LogP contribution in [0.4, 0.5) is 5.00 Å². The number of anilines is 1. The van der Waals surface area contributed by atoms with Crippen molar-refractivity contribution >= 4 is 28.3 Å². The van der Waals surface area contributed by atoms with Crippen molar-refractivity contribution in [3.05, 3.63) is 52.4 Å². The molecular weight excluding hydrogens is 302 g/mol. The number of carbonyl (C=O) groups is 2. The van der Waals surface area contributed by atoms with Gasteiger partial charge in [-0.15, -0.1) is 11.3 Å². The number of rotatable bonds is 5. The summed E-state index contributed by atoms with van der Waals surface area (Å²) in [7, 11) is 2.64. The van der Waals surface area contributed by atoms with Gasteiger partial charge < -0.3 is 15.2 Å². The second-order valence-corrected chi connectivity index (χ2v) is 5.80. The predicted molar refractivity (Wildman–Crippen MR) is 85.0 cm³/mol. The molecule has 1 atom stereocenters. The topological polar surface area (TPSA) is 78.6 Å². The Balaban J connectivity index is 2.34. The number of thiophene rings is 1. The maximum atomic E-state index is 12.1. The molecule has 2 rings (SSSR count). The average Bonchev–Trinajstić information content (AvgIpc) is 2.93. The number of benzene rings is 1. The van der Waals surface area contributed by atoms with E-state index in [9.17, 15) is 9.59 Å². The Morgan fingerprint density at radius 1 is 1.18 bits per heavy atom. The third-order valence-corrected chi connectivity index (χ3v) is 4.37. The lowest BCUT2D eigenvalue weighted by molar-refractivity contribution is -0.142. The molecule has 0 bridgehead atoms. The summed E-state index contributed by atoms with van der Waals surface area (Å²) in [6.07, 6.45) is 0.480. The van der Waals surface area contributed by atoms with Gasteiger partial charge in [-0.25, -0.2) is 4.79 Å². The number of ether oxygens (including phenoxy) is 2. The largest absolute Gasteiger partial charge is 0.469 e. The second kappa shape index (κ2) is 7.09. The SMILES string of the molecule is COC(=O)c1cc(C(Cc2ccccc2)C(=O)OC)sc1N. The molecule has 6 heteroatoms. The van der Waals surface area contributed by atoms with E-state index in [4.69, 9.17) is 10.5 Å². The fourth-order valence-electron chi connectivity index (χ4n) is 2.16. The summed E-state index contributed by atoms with van der Waals surface area (Å²) in [6.45, 7) is 0. The zero-order valence-electron chi connectivity index (χ0n) is 12.4. The monoisotopic (exact) mass is 319 g/mol. The molecule has 1 heterocycles. The van der Waals surface area contributed by atoms with Crippen LogP contribution >= 0.6 is 11.3 Å². The Bertz CT molecular complexity index is 666. The molecular formula is C16H17NO4S. The molecule has 2 aromatic rings. The van der Waals surface area contributed by atoms with E-state index in [1.54, 1.807) is 6.07 Å². The lowest BCUT2D eigenvalue weighted by Gasteiger charge is -2.13. The van der Waals surface area contributed by atoms with Crippen LogP contribution in [0.5, 0.6) is 0 Å². The molecule has 0 aliphatic carbocycles. The van der Waals surface area contributed by atoms with E-state index in [2.05, 4.69) is 4.74 Å². The summed E-state index contributed by atoms with van der Waals surface area (Å²) in [4.78, 5) is 24.4. The van der Waals surface area contributed by atoms with E-state index in [1.807, 2.05) is 30.3 Å². The number of methoxy groups -OCH3 is 2. The summed E-state index contributed by atoms with van der Waals surface area (Å²) in [6, 6.07) is 11.2. The van der Waals surface area contributed by atoms with Gasteiger partial charge in [0.15, 0.2) is 0 Å². The summed E-state index contributed by atoms with van der Waals surface area (Å²) >= 11 is 1.21. The Labute approximate surface area is 132 Å². The van der Waals surface area contributed by atoms with Gasteiger partial charge in [0.1, 0.15) is 5.00 Å². The highest BCUT2D eigenvalue weighted by atomic mass is 32.1. The van der Waals surface area contributed by atoms with E-state index in [0.29, 0.717) is 16.3 Å². The van der Waals surface area contributed by atoms with Gasteiger partial charge in [0, 0.05) is 4.88 Å². The summed E-state index contributed by atoms with van der Waals surface area (Å²) < 4.78 is 9.57. The Kier molecular flexibility index (Phi) is 5.16. The zero-order chi connectivity index (χ0) is 16.1.